The van der Waals surface area contributed by atoms with E-state index in [9.17, 15) is 4.79 Å². The first-order chi connectivity index (χ1) is 9.65. The Balaban J connectivity index is 2.19. The van der Waals surface area contributed by atoms with Crippen LogP contribution in [0.4, 0.5) is 5.69 Å². The molecule has 20 heavy (non-hydrogen) atoms. The highest BCUT2D eigenvalue weighted by Gasteiger charge is 2.25. The van der Waals surface area contributed by atoms with Gasteiger partial charge < -0.3 is 20.1 Å². The number of aliphatic hydroxyl groups is 1. The number of nitrogens with one attached hydrogen (secondary N) is 1. The Hall–Kier alpha value is -1.59. The summed E-state index contributed by atoms with van der Waals surface area (Å²) in [4.78, 5) is 14.4. The minimum absolute atomic E-state index is 0.0114. The zero-order chi connectivity index (χ0) is 14.5. The molecule has 1 saturated heterocycles. The lowest BCUT2D eigenvalue weighted by Gasteiger charge is -2.32. The van der Waals surface area contributed by atoms with E-state index in [0.717, 1.165) is 17.8 Å². The number of hydrogen-bond acceptors (Lipinski definition) is 4. The van der Waals surface area contributed by atoms with Gasteiger partial charge in [0.2, 0.25) is 0 Å². The van der Waals surface area contributed by atoms with Crippen LogP contribution in [-0.4, -0.2) is 54.9 Å². The maximum atomic E-state index is 12.6. The lowest BCUT2D eigenvalue weighted by atomic mass is 10.1. The molecular weight excluding hydrogens is 256 g/mol. The number of ether oxygens (including phenoxy) is 1. The number of benzene rings is 1. The molecule has 1 atom stereocenters. The highest BCUT2D eigenvalue weighted by atomic mass is 16.5. The number of carbonyl (C=O) groups excluding carboxylic acids is 1. The first-order valence-corrected chi connectivity index (χ1v) is 7.02. The van der Waals surface area contributed by atoms with Gasteiger partial charge in [-0.05, 0) is 31.5 Å². The van der Waals surface area contributed by atoms with E-state index in [1.165, 1.54) is 0 Å². The molecule has 0 bridgehead atoms. The molecule has 1 heterocycles. The Morgan fingerprint density at radius 2 is 2.35 bits per heavy atom. The molecule has 1 aromatic carbocycles. The van der Waals surface area contributed by atoms with Crippen molar-refractivity contribution in [2.45, 2.75) is 20.0 Å². The third kappa shape index (κ3) is 3.29. The molecule has 1 fully saturated rings. The average molecular weight is 278 g/mol. The molecule has 5 heteroatoms. The number of amides is 1. The van der Waals surface area contributed by atoms with Crippen LogP contribution in [0.15, 0.2) is 18.2 Å². The van der Waals surface area contributed by atoms with Gasteiger partial charge in [-0.15, -0.1) is 0 Å². The minimum Gasteiger partial charge on any atom is -0.394 e. The van der Waals surface area contributed by atoms with Gasteiger partial charge in [-0.1, -0.05) is 6.07 Å². The molecule has 1 unspecified atom stereocenters. The van der Waals surface area contributed by atoms with Gasteiger partial charge in [-0.3, -0.25) is 4.79 Å². The van der Waals surface area contributed by atoms with Crippen LogP contribution in [0.2, 0.25) is 0 Å². The van der Waals surface area contributed by atoms with Gasteiger partial charge in [0.25, 0.3) is 5.91 Å². The maximum absolute atomic E-state index is 12.6. The van der Waals surface area contributed by atoms with Crippen molar-refractivity contribution in [2.75, 3.05) is 38.2 Å². The quantitative estimate of drug-likeness (QED) is 0.870. The van der Waals surface area contributed by atoms with Crippen molar-refractivity contribution in [3.63, 3.8) is 0 Å². The van der Waals surface area contributed by atoms with Crippen LogP contribution in [0.5, 0.6) is 0 Å². The van der Waals surface area contributed by atoms with Gasteiger partial charge in [-0.2, -0.15) is 0 Å². The zero-order valence-corrected chi connectivity index (χ0v) is 12.1. The summed E-state index contributed by atoms with van der Waals surface area (Å²) < 4.78 is 5.38. The van der Waals surface area contributed by atoms with Gasteiger partial charge >= 0.3 is 0 Å². The lowest BCUT2D eigenvalue weighted by Crippen LogP contribution is -2.47. The summed E-state index contributed by atoms with van der Waals surface area (Å²) in [6, 6.07) is 5.79. The number of rotatable bonds is 4. The number of nitrogens with zero attached hydrogens (tertiary/aromatic N) is 1. The summed E-state index contributed by atoms with van der Waals surface area (Å²) in [5.74, 6) is -0.0114. The second kappa shape index (κ2) is 6.72. The number of anilines is 1. The second-order valence-electron chi connectivity index (χ2n) is 5.01. The predicted octanol–water partition coefficient (Wildman–Crippen LogP) is 1.26. The number of aryl methyl sites for hydroxylation is 1. The van der Waals surface area contributed by atoms with Crippen LogP contribution in [0, 0.1) is 6.92 Å². The molecule has 5 nitrogen and oxygen atoms in total. The van der Waals surface area contributed by atoms with Crippen LogP contribution in [0.1, 0.15) is 22.8 Å². The summed E-state index contributed by atoms with van der Waals surface area (Å²) in [5, 5.41) is 12.4. The van der Waals surface area contributed by atoms with E-state index >= 15 is 0 Å². The summed E-state index contributed by atoms with van der Waals surface area (Å²) >= 11 is 0. The molecule has 0 spiro atoms. The highest BCUT2D eigenvalue weighted by Crippen LogP contribution is 2.20. The summed E-state index contributed by atoms with van der Waals surface area (Å²) in [5.41, 5.74) is 2.66. The number of morpholine rings is 1. The molecule has 0 aromatic heterocycles. The van der Waals surface area contributed by atoms with Crippen LogP contribution in [0.25, 0.3) is 0 Å². The maximum Gasteiger partial charge on any atom is 0.256 e. The van der Waals surface area contributed by atoms with Crippen molar-refractivity contribution in [2.24, 2.45) is 0 Å². The van der Waals surface area contributed by atoms with Gasteiger partial charge in [0, 0.05) is 25.3 Å². The number of carbonyl (C=O) groups is 1. The summed E-state index contributed by atoms with van der Waals surface area (Å²) in [6.07, 6.45) is -0.277. The van der Waals surface area contributed by atoms with Crippen molar-refractivity contribution in [3.8, 4) is 0 Å². The Labute approximate surface area is 119 Å². The van der Waals surface area contributed by atoms with E-state index < -0.39 is 0 Å². The minimum atomic E-state index is -0.277. The highest BCUT2D eigenvalue weighted by molar-refractivity contribution is 5.99. The SMILES string of the molecule is CCNc1cc(C)ccc1C(=O)N1CCOC(CO)C1. The van der Waals surface area contributed by atoms with Crippen LogP contribution >= 0.6 is 0 Å². The molecule has 1 amide bonds. The Morgan fingerprint density at radius 1 is 1.55 bits per heavy atom. The van der Waals surface area contributed by atoms with Crippen LogP contribution in [-0.2, 0) is 4.74 Å². The van der Waals surface area contributed by atoms with Crippen molar-refractivity contribution < 1.29 is 14.6 Å². The molecule has 0 saturated carbocycles. The zero-order valence-electron chi connectivity index (χ0n) is 12.1. The van der Waals surface area contributed by atoms with Gasteiger partial charge in [0.1, 0.15) is 0 Å². The Kier molecular flexibility index (Phi) is 4.98. The molecule has 0 aliphatic carbocycles. The van der Waals surface area contributed by atoms with E-state index in [1.807, 2.05) is 32.0 Å². The Morgan fingerprint density at radius 3 is 3.05 bits per heavy atom. The van der Waals surface area contributed by atoms with E-state index in [2.05, 4.69) is 5.32 Å². The second-order valence-corrected chi connectivity index (χ2v) is 5.01. The van der Waals surface area contributed by atoms with E-state index in [4.69, 9.17) is 9.84 Å². The molecule has 2 N–H and O–H groups in total. The van der Waals surface area contributed by atoms with Gasteiger partial charge in [0.15, 0.2) is 0 Å². The molecule has 1 aliphatic rings. The van der Waals surface area contributed by atoms with Crippen LogP contribution < -0.4 is 5.32 Å². The van der Waals surface area contributed by atoms with E-state index in [0.29, 0.717) is 25.3 Å². The average Bonchev–Trinajstić information content (AvgIpc) is 2.47. The molecule has 1 aromatic rings. The number of hydrogen-bond donors (Lipinski definition) is 2. The van der Waals surface area contributed by atoms with Gasteiger partial charge in [-0.25, -0.2) is 0 Å². The van der Waals surface area contributed by atoms with Crippen LogP contribution in [0.3, 0.4) is 0 Å². The van der Waals surface area contributed by atoms with Gasteiger partial charge in [0.05, 0.1) is 24.9 Å². The predicted molar refractivity (Wildman–Crippen MR) is 78.1 cm³/mol. The van der Waals surface area contributed by atoms with E-state index in [-0.39, 0.29) is 18.6 Å². The van der Waals surface area contributed by atoms with Crippen molar-refractivity contribution in [1.29, 1.82) is 0 Å². The first-order valence-electron chi connectivity index (χ1n) is 7.02. The van der Waals surface area contributed by atoms with Crippen molar-refractivity contribution in [1.82, 2.24) is 4.90 Å². The third-order valence-corrected chi connectivity index (χ3v) is 3.40. The lowest BCUT2D eigenvalue weighted by molar-refractivity contribution is -0.0447. The summed E-state index contributed by atoms with van der Waals surface area (Å²) in [6.45, 7) is 6.20. The van der Waals surface area contributed by atoms with E-state index in [1.54, 1.807) is 4.90 Å². The first kappa shape index (κ1) is 14.8. The van der Waals surface area contributed by atoms with Crippen molar-refractivity contribution in [3.05, 3.63) is 29.3 Å². The standard InChI is InChI=1S/C15H22N2O3/c1-3-16-14-8-11(2)4-5-13(14)15(19)17-6-7-20-12(9-17)10-18/h4-5,8,12,16,18H,3,6-7,9-10H2,1-2H3. The third-order valence-electron chi connectivity index (χ3n) is 3.40. The molecule has 1 aliphatic heterocycles. The normalized spacial score (nSPS) is 18.9. The molecular formula is C15H22N2O3. The number of aliphatic hydroxyl groups excluding tert-OH is 1. The van der Waals surface area contributed by atoms with Crippen molar-refractivity contribution >= 4 is 11.6 Å². The topological polar surface area (TPSA) is 61.8 Å². The summed E-state index contributed by atoms with van der Waals surface area (Å²) in [7, 11) is 0. The molecule has 0 radical (unpaired) electrons. The Bertz CT molecular complexity index is 476. The fourth-order valence-corrected chi connectivity index (χ4v) is 2.37. The fourth-order valence-electron chi connectivity index (χ4n) is 2.37. The monoisotopic (exact) mass is 278 g/mol. The largest absolute Gasteiger partial charge is 0.394 e. The fraction of sp³-hybridized carbons (Fsp3) is 0.533. The molecule has 110 valence electrons. The molecule has 2 rings (SSSR count). The smallest absolute Gasteiger partial charge is 0.256 e.